The van der Waals surface area contributed by atoms with Gasteiger partial charge in [-0.15, -0.1) is 0 Å². The molecule has 1 aromatic carbocycles. The molecule has 0 unspecified atom stereocenters. The van der Waals surface area contributed by atoms with Gasteiger partial charge in [0.15, 0.2) is 5.75 Å². The largest absolute Gasteiger partial charge is 0.502 e. The lowest BCUT2D eigenvalue weighted by Gasteiger charge is -1.91. The molecule has 0 saturated heterocycles. The second-order valence-electron chi connectivity index (χ2n) is 2.15. The fraction of sp³-hybridized carbons (Fsp3) is 0. The number of nitro benzene ring substituents is 1. The third kappa shape index (κ3) is 4.54. The quantitative estimate of drug-likeness (QED) is 0.443. The summed E-state index contributed by atoms with van der Waals surface area (Å²) in [7, 11) is 0. The average Bonchev–Trinajstić information content (AvgIpc) is 2.03. The number of nitro groups is 1. The highest BCUT2D eigenvalue weighted by Crippen LogP contribution is 2.23. The number of carbonyl (C=O) groups is 1. The molecule has 7 heteroatoms. The molecule has 0 atom stereocenters. The van der Waals surface area contributed by atoms with E-state index in [1.807, 2.05) is 0 Å². The van der Waals surface area contributed by atoms with Gasteiger partial charge in [0.1, 0.15) is 0 Å². The summed E-state index contributed by atoms with van der Waals surface area (Å²) in [5.41, 5.74) is 8.24. The maximum absolute atomic E-state index is 10.1. The smallest absolute Gasteiger partial charge is 0.310 e. The molecule has 0 radical (unpaired) electrons. The monoisotopic (exact) mass is 199 g/mol. The second-order valence-corrected chi connectivity index (χ2v) is 2.15. The van der Waals surface area contributed by atoms with Crippen LogP contribution >= 0.6 is 0 Å². The van der Waals surface area contributed by atoms with Gasteiger partial charge < -0.3 is 16.6 Å². The number of amides is 2. The third-order valence-corrected chi connectivity index (χ3v) is 1.08. The number of nitrogens with zero attached hydrogens (tertiary/aromatic N) is 1. The predicted octanol–water partition coefficient (Wildman–Crippen LogP) is 0.324. The lowest BCUT2D eigenvalue weighted by Crippen LogP contribution is -2.18. The van der Waals surface area contributed by atoms with E-state index in [2.05, 4.69) is 11.5 Å². The number of hydrogen-bond donors (Lipinski definition) is 3. The zero-order valence-electron chi connectivity index (χ0n) is 7.08. The minimum absolute atomic E-state index is 0.262. The number of phenolic OH excluding ortho intramolecular Hbond substituents is 1. The summed E-state index contributed by atoms with van der Waals surface area (Å²) in [5, 5.41) is 18.9. The highest BCUT2D eigenvalue weighted by molar-refractivity contribution is 5.69. The van der Waals surface area contributed by atoms with Gasteiger partial charge in [0.2, 0.25) is 0 Å². The average molecular weight is 199 g/mol. The van der Waals surface area contributed by atoms with Crippen molar-refractivity contribution in [3.05, 3.63) is 34.4 Å². The van der Waals surface area contributed by atoms with Crippen molar-refractivity contribution >= 4 is 11.7 Å². The van der Waals surface area contributed by atoms with E-state index in [0.717, 1.165) is 0 Å². The van der Waals surface area contributed by atoms with Crippen molar-refractivity contribution in [1.82, 2.24) is 0 Å². The topological polar surface area (TPSA) is 132 Å². The molecular weight excluding hydrogens is 190 g/mol. The van der Waals surface area contributed by atoms with E-state index in [-0.39, 0.29) is 11.4 Å². The SMILES string of the molecule is NC(N)=O.O=[N+]([O-])c1ccccc1O. The number of nitrogens with two attached hydrogens (primary N) is 2. The fourth-order valence-electron chi connectivity index (χ4n) is 0.619. The molecule has 7 nitrogen and oxygen atoms in total. The lowest BCUT2D eigenvalue weighted by atomic mass is 10.3. The van der Waals surface area contributed by atoms with Crippen molar-refractivity contribution in [3.63, 3.8) is 0 Å². The van der Waals surface area contributed by atoms with Crippen molar-refractivity contribution in [1.29, 1.82) is 0 Å². The Morgan fingerprint density at radius 2 is 1.79 bits per heavy atom. The van der Waals surface area contributed by atoms with Crippen LogP contribution < -0.4 is 11.5 Å². The maximum Gasteiger partial charge on any atom is 0.310 e. The molecular formula is C7H9N3O4. The highest BCUT2D eigenvalue weighted by Gasteiger charge is 2.09. The molecule has 76 valence electrons. The van der Waals surface area contributed by atoms with Gasteiger partial charge in [-0.25, -0.2) is 4.79 Å². The van der Waals surface area contributed by atoms with E-state index in [0.29, 0.717) is 0 Å². The van der Waals surface area contributed by atoms with Gasteiger partial charge in [0, 0.05) is 6.07 Å². The zero-order valence-corrected chi connectivity index (χ0v) is 7.08. The number of primary amides is 2. The van der Waals surface area contributed by atoms with E-state index in [9.17, 15) is 10.1 Å². The second kappa shape index (κ2) is 5.36. The number of rotatable bonds is 1. The molecule has 0 spiro atoms. The molecule has 0 bridgehead atoms. The van der Waals surface area contributed by atoms with Crippen LogP contribution in [-0.2, 0) is 0 Å². The van der Waals surface area contributed by atoms with E-state index in [4.69, 9.17) is 9.90 Å². The Balaban J connectivity index is 0.000000364. The normalized spacial score (nSPS) is 8.29. The first-order valence-electron chi connectivity index (χ1n) is 3.42. The summed E-state index contributed by atoms with van der Waals surface area (Å²) in [6.07, 6.45) is 0. The summed E-state index contributed by atoms with van der Waals surface area (Å²) < 4.78 is 0. The Hall–Kier alpha value is -2.31. The molecule has 5 N–H and O–H groups in total. The van der Waals surface area contributed by atoms with Gasteiger partial charge in [0.25, 0.3) is 0 Å². The number of aromatic hydroxyl groups is 1. The van der Waals surface area contributed by atoms with Crippen LogP contribution in [0.1, 0.15) is 0 Å². The van der Waals surface area contributed by atoms with Gasteiger partial charge in [-0.1, -0.05) is 12.1 Å². The fourth-order valence-corrected chi connectivity index (χ4v) is 0.619. The first kappa shape index (κ1) is 11.7. The van der Waals surface area contributed by atoms with Crippen molar-refractivity contribution in [2.75, 3.05) is 0 Å². The van der Waals surface area contributed by atoms with Gasteiger partial charge in [-0.3, -0.25) is 10.1 Å². The number of benzene rings is 1. The van der Waals surface area contributed by atoms with Crippen LogP contribution in [0.2, 0.25) is 0 Å². The lowest BCUT2D eigenvalue weighted by molar-refractivity contribution is -0.385. The summed E-state index contributed by atoms with van der Waals surface area (Å²) >= 11 is 0. The van der Waals surface area contributed by atoms with E-state index < -0.39 is 11.0 Å². The number of urea groups is 1. The van der Waals surface area contributed by atoms with Crippen molar-refractivity contribution in [2.24, 2.45) is 11.5 Å². The molecule has 14 heavy (non-hydrogen) atoms. The van der Waals surface area contributed by atoms with Gasteiger partial charge >= 0.3 is 11.7 Å². The Morgan fingerprint density at radius 3 is 2.07 bits per heavy atom. The minimum Gasteiger partial charge on any atom is -0.502 e. The molecule has 0 saturated carbocycles. The molecule has 0 aliphatic rings. The molecule has 2 amide bonds. The molecule has 1 aromatic rings. The Bertz CT molecular complexity index is 335. The Morgan fingerprint density at radius 1 is 1.36 bits per heavy atom. The molecule has 0 heterocycles. The van der Waals surface area contributed by atoms with Gasteiger partial charge in [0.05, 0.1) is 4.92 Å². The van der Waals surface area contributed by atoms with Gasteiger partial charge in [-0.2, -0.15) is 0 Å². The first-order valence-corrected chi connectivity index (χ1v) is 3.42. The standard InChI is InChI=1S/C6H5NO3.CH4N2O/c8-6-4-2-1-3-5(6)7(9)10;2-1(3)4/h1-4,8H;(H4,2,3,4). The van der Waals surface area contributed by atoms with Crippen LogP contribution in [0, 0.1) is 10.1 Å². The van der Waals surface area contributed by atoms with Crippen LogP contribution in [0.5, 0.6) is 5.75 Å². The third-order valence-electron chi connectivity index (χ3n) is 1.08. The van der Waals surface area contributed by atoms with Crippen LogP contribution in [-0.4, -0.2) is 16.1 Å². The Labute approximate surface area is 79.1 Å². The molecule has 0 fully saturated rings. The van der Waals surface area contributed by atoms with E-state index in [1.165, 1.54) is 24.3 Å². The first-order chi connectivity index (χ1) is 6.45. The number of phenols is 1. The van der Waals surface area contributed by atoms with E-state index >= 15 is 0 Å². The van der Waals surface area contributed by atoms with Crippen molar-refractivity contribution < 1.29 is 14.8 Å². The predicted molar refractivity (Wildman–Crippen MR) is 48.5 cm³/mol. The summed E-state index contributed by atoms with van der Waals surface area (Å²) in [5.74, 6) is -0.299. The summed E-state index contributed by atoms with van der Waals surface area (Å²) in [6, 6.07) is 4.72. The minimum atomic E-state index is -0.833. The number of para-hydroxylation sites is 2. The van der Waals surface area contributed by atoms with Crippen molar-refractivity contribution in [2.45, 2.75) is 0 Å². The zero-order chi connectivity index (χ0) is 11.1. The maximum atomic E-state index is 10.1. The molecule has 0 aliphatic carbocycles. The summed E-state index contributed by atoms with van der Waals surface area (Å²) in [6.45, 7) is 0. The van der Waals surface area contributed by atoms with Crippen LogP contribution in [0.25, 0.3) is 0 Å². The van der Waals surface area contributed by atoms with Crippen LogP contribution in [0.4, 0.5) is 10.5 Å². The molecule has 1 rings (SSSR count). The molecule has 0 aliphatic heterocycles. The summed E-state index contributed by atoms with van der Waals surface area (Å²) in [4.78, 5) is 18.4. The Kier molecular flexibility index (Phi) is 4.47. The van der Waals surface area contributed by atoms with E-state index in [1.54, 1.807) is 0 Å². The number of carbonyl (C=O) groups excluding carboxylic acids is 1. The molecule has 0 aromatic heterocycles. The number of hydrogen-bond acceptors (Lipinski definition) is 4. The van der Waals surface area contributed by atoms with Crippen molar-refractivity contribution in [3.8, 4) is 5.75 Å². The van der Waals surface area contributed by atoms with Crippen LogP contribution in [0.15, 0.2) is 24.3 Å². The van der Waals surface area contributed by atoms with Gasteiger partial charge in [-0.05, 0) is 6.07 Å². The highest BCUT2D eigenvalue weighted by atomic mass is 16.6. The van der Waals surface area contributed by atoms with Crippen LogP contribution in [0.3, 0.4) is 0 Å².